The molecule has 1 N–H and O–H groups in total. The lowest BCUT2D eigenvalue weighted by Crippen LogP contribution is -2.28. The molecule has 1 aromatic rings. The van der Waals surface area contributed by atoms with Crippen LogP contribution in [0.15, 0.2) is 18.2 Å². The van der Waals surface area contributed by atoms with Crippen LogP contribution in [0.25, 0.3) is 0 Å². The maximum atomic E-state index is 12.1. The van der Waals surface area contributed by atoms with Crippen LogP contribution >= 0.6 is 11.6 Å². The van der Waals surface area contributed by atoms with Crippen LogP contribution in [0.4, 0.5) is 5.69 Å². The van der Waals surface area contributed by atoms with E-state index in [0.717, 1.165) is 0 Å². The minimum absolute atomic E-state index is 0.172. The third kappa shape index (κ3) is 5.66. The first-order chi connectivity index (χ1) is 13.2. The number of hydrogen-bond donors (Lipinski definition) is 1. The number of nitrogens with one attached hydrogen (secondary N) is 1. The monoisotopic (exact) mass is 412 g/mol. The molecule has 1 fully saturated rings. The van der Waals surface area contributed by atoms with E-state index in [0.29, 0.717) is 16.5 Å². The number of hydrogen-bond acceptors (Lipinski definition) is 7. The van der Waals surface area contributed by atoms with Gasteiger partial charge in [0.2, 0.25) is 6.54 Å². The molecule has 0 unspecified atom stereocenters. The molecular weight excluding hydrogens is 392 g/mol. The van der Waals surface area contributed by atoms with Crippen molar-refractivity contribution < 1.29 is 28.8 Å². The van der Waals surface area contributed by atoms with Gasteiger partial charge >= 0.3 is 5.97 Å². The van der Waals surface area contributed by atoms with E-state index in [1.54, 1.807) is 19.1 Å². The van der Waals surface area contributed by atoms with Crippen LogP contribution in [-0.2, 0) is 19.1 Å². The summed E-state index contributed by atoms with van der Waals surface area (Å²) >= 11 is 5.88. The van der Waals surface area contributed by atoms with Crippen LogP contribution in [0.1, 0.15) is 19.8 Å². The second-order valence-electron chi connectivity index (χ2n) is 6.69. The number of carbonyl (C=O) groups excluding carboxylic acids is 3. The molecule has 0 aromatic heterocycles. The number of ether oxygens (including phenoxy) is 2. The molecule has 28 heavy (non-hydrogen) atoms. The number of anilines is 1. The van der Waals surface area contributed by atoms with Crippen molar-refractivity contribution in [2.45, 2.75) is 19.8 Å². The zero-order valence-electron chi connectivity index (χ0n) is 15.5. The first-order valence-corrected chi connectivity index (χ1v) is 9.02. The Morgan fingerprint density at radius 3 is 2.75 bits per heavy atom. The average molecular weight is 413 g/mol. The lowest BCUT2D eigenvalue weighted by atomic mass is 9.88. The predicted octanol–water partition coefficient (Wildman–Crippen LogP) is 2.34. The molecule has 1 amide bonds. The van der Waals surface area contributed by atoms with Gasteiger partial charge in [0.15, 0.2) is 6.61 Å². The summed E-state index contributed by atoms with van der Waals surface area (Å²) in [5.41, 5.74) is 0.321. The molecule has 0 radical (unpaired) electrons. The molecule has 1 saturated carbocycles. The molecule has 152 valence electrons. The predicted molar refractivity (Wildman–Crippen MR) is 99.8 cm³/mol. The van der Waals surface area contributed by atoms with E-state index in [1.807, 2.05) is 0 Å². The number of nitro groups is 1. The molecule has 9 nitrogen and oxygen atoms in total. The molecule has 1 aliphatic carbocycles. The van der Waals surface area contributed by atoms with Crippen LogP contribution in [0.3, 0.4) is 0 Å². The number of nitrogens with zero attached hydrogens (tertiary/aromatic N) is 1. The normalized spacial score (nSPS) is 21.2. The molecule has 0 aliphatic heterocycles. The summed E-state index contributed by atoms with van der Waals surface area (Å²) in [6.45, 7) is 0.813. The van der Waals surface area contributed by atoms with Gasteiger partial charge in [-0.25, -0.2) is 0 Å². The fraction of sp³-hybridized carbons (Fsp3) is 0.500. The van der Waals surface area contributed by atoms with E-state index < -0.39 is 35.2 Å². The fourth-order valence-electron chi connectivity index (χ4n) is 3.35. The smallest absolute Gasteiger partial charge is 0.307 e. The third-order valence-electron chi connectivity index (χ3n) is 4.73. The van der Waals surface area contributed by atoms with Crippen LogP contribution in [0.5, 0.6) is 5.75 Å². The minimum Gasteiger partial charge on any atom is -0.495 e. The standard InChI is InChI=1S/C18H21ClN2O7/c1-10-5-15(22)12(13(10)8-21(25)26)7-18(24)28-9-17(23)20-14-6-11(19)3-4-16(14)27-2/h3-4,6,10,12-13H,5,7-9H2,1-2H3,(H,20,23)/t10-,12+,13+/m0/s1. The van der Waals surface area contributed by atoms with Gasteiger partial charge in [0.25, 0.3) is 5.91 Å². The topological polar surface area (TPSA) is 125 Å². The average Bonchev–Trinajstić information content (AvgIpc) is 2.86. The fourth-order valence-corrected chi connectivity index (χ4v) is 3.52. The molecule has 0 heterocycles. The van der Waals surface area contributed by atoms with Gasteiger partial charge in [-0.1, -0.05) is 18.5 Å². The number of carbonyl (C=O) groups is 3. The van der Waals surface area contributed by atoms with Gasteiger partial charge in [0.05, 0.1) is 19.2 Å². The molecule has 0 bridgehead atoms. The summed E-state index contributed by atoms with van der Waals surface area (Å²) < 4.78 is 10.0. The molecule has 10 heteroatoms. The van der Waals surface area contributed by atoms with Crippen molar-refractivity contribution in [2.75, 3.05) is 25.6 Å². The second-order valence-corrected chi connectivity index (χ2v) is 7.13. The van der Waals surface area contributed by atoms with E-state index in [2.05, 4.69) is 5.32 Å². The SMILES string of the molecule is COc1ccc(Cl)cc1NC(=O)COC(=O)C[C@H]1C(=O)C[C@H](C)[C@H]1C[N+](=O)[O-]. The number of benzene rings is 1. The van der Waals surface area contributed by atoms with Crippen molar-refractivity contribution in [3.8, 4) is 5.75 Å². The number of Topliss-reactive ketones (excluding diaryl/α,β-unsaturated/α-hetero) is 1. The molecule has 3 atom stereocenters. The van der Waals surface area contributed by atoms with Gasteiger partial charge in [-0.3, -0.25) is 24.5 Å². The molecule has 0 spiro atoms. The maximum absolute atomic E-state index is 12.1. The number of ketones is 1. The van der Waals surface area contributed by atoms with Crippen LogP contribution in [0.2, 0.25) is 5.02 Å². The van der Waals surface area contributed by atoms with Gasteiger partial charge < -0.3 is 14.8 Å². The van der Waals surface area contributed by atoms with Crippen molar-refractivity contribution >= 4 is 34.9 Å². The Balaban J connectivity index is 1.89. The molecule has 1 aromatic carbocycles. The summed E-state index contributed by atoms with van der Waals surface area (Å²) in [6, 6.07) is 4.66. The third-order valence-corrected chi connectivity index (χ3v) is 4.97. The Labute approximate surface area is 166 Å². The van der Waals surface area contributed by atoms with Gasteiger partial charge in [-0.15, -0.1) is 0 Å². The highest BCUT2D eigenvalue weighted by molar-refractivity contribution is 6.31. The van der Waals surface area contributed by atoms with Crippen LogP contribution in [0, 0.1) is 27.9 Å². The molecular formula is C18H21ClN2O7. The highest BCUT2D eigenvalue weighted by atomic mass is 35.5. The van der Waals surface area contributed by atoms with Crippen LogP contribution in [-0.4, -0.2) is 42.8 Å². The van der Waals surface area contributed by atoms with E-state index in [4.69, 9.17) is 21.1 Å². The van der Waals surface area contributed by atoms with E-state index in [9.17, 15) is 24.5 Å². The lowest BCUT2D eigenvalue weighted by Gasteiger charge is -2.17. The van der Waals surface area contributed by atoms with Crippen molar-refractivity contribution in [1.82, 2.24) is 0 Å². The van der Waals surface area contributed by atoms with Crippen molar-refractivity contribution in [2.24, 2.45) is 17.8 Å². The van der Waals surface area contributed by atoms with Crippen molar-refractivity contribution in [3.63, 3.8) is 0 Å². The Kier molecular flexibility index (Phi) is 7.33. The number of rotatable bonds is 8. The highest BCUT2D eigenvalue weighted by Crippen LogP contribution is 2.36. The highest BCUT2D eigenvalue weighted by Gasteiger charge is 2.44. The number of methoxy groups -OCH3 is 1. The first-order valence-electron chi connectivity index (χ1n) is 8.64. The number of esters is 1. The number of amides is 1. The molecule has 1 aliphatic rings. The minimum atomic E-state index is -0.760. The van der Waals surface area contributed by atoms with E-state index >= 15 is 0 Å². The van der Waals surface area contributed by atoms with Gasteiger partial charge in [-0.2, -0.15) is 0 Å². The van der Waals surface area contributed by atoms with Gasteiger partial charge in [0, 0.05) is 28.2 Å². The Morgan fingerprint density at radius 2 is 2.11 bits per heavy atom. The lowest BCUT2D eigenvalue weighted by molar-refractivity contribution is -0.490. The van der Waals surface area contributed by atoms with Crippen LogP contribution < -0.4 is 10.1 Å². The summed E-state index contributed by atoms with van der Waals surface area (Å²) in [5.74, 6) is -2.62. The Bertz CT molecular complexity index is 783. The van der Waals surface area contributed by atoms with Gasteiger partial charge in [-0.05, 0) is 24.1 Å². The van der Waals surface area contributed by atoms with Gasteiger partial charge in [0.1, 0.15) is 11.5 Å². The quantitative estimate of drug-likeness (QED) is 0.394. The largest absolute Gasteiger partial charge is 0.495 e. The summed E-state index contributed by atoms with van der Waals surface area (Å²) in [5, 5.41) is 13.7. The molecule has 2 rings (SSSR count). The second kappa shape index (κ2) is 9.50. The first kappa shape index (κ1) is 21.6. The summed E-state index contributed by atoms with van der Waals surface area (Å²) in [7, 11) is 1.43. The summed E-state index contributed by atoms with van der Waals surface area (Å²) in [6.07, 6.45) is -0.0824. The number of halogens is 1. The van der Waals surface area contributed by atoms with E-state index in [-0.39, 0.29) is 31.1 Å². The zero-order valence-corrected chi connectivity index (χ0v) is 16.2. The van der Waals surface area contributed by atoms with E-state index in [1.165, 1.54) is 13.2 Å². The van der Waals surface area contributed by atoms with Crippen molar-refractivity contribution in [3.05, 3.63) is 33.3 Å². The Morgan fingerprint density at radius 1 is 1.39 bits per heavy atom. The van der Waals surface area contributed by atoms with Crippen molar-refractivity contribution in [1.29, 1.82) is 0 Å². The zero-order chi connectivity index (χ0) is 20.8. The molecule has 0 saturated heterocycles. The maximum Gasteiger partial charge on any atom is 0.307 e. The summed E-state index contributed by atoms with van der Waals surface area (Å²) in [4.78, 5) is 46.4. The Hall–Kier alpha value is -2.68.